The molecule has 0 aliphatic heterocycles. The fourth-order valence-corrected chi connectivity index (χ4v) is 3.17. The maximum Gasteiger partial charge on any atom is 0.284 e. The van der Waals surface area contributed by atoms with Gasteiger partial charge in [-0.3, -0.25) is 4.79 Å². The van der Waals surface area contributed by atoms with Crippen LogP contribution in [0.1, 0.15) is 17.0 Å². The first-order valence-corrected chi connectivity index (χ1v) is 7.71. The van der Waals surface area contributed by atoms with Crippen molar-refractivity contribution in [2.45, 2.75) is 13.3 Å². The SMILES string of the molecule is Cc1csc2oc(Cc3ccc(I)cc3)nc(=O)c12. The molecule has 3 aromatic rings. The molecule has 5 heteroatoms. The number of benzene rings is 1. The molecule has 1 aromatic carbocycles. The van der Waals surface area contributed by atoms with Crippen molar-refractivity contribution in [3.8, 4) is 0 Å². The Morgan fingerprint density at radius 2 is 2.05 bits per heavy atom. The van der Waals surface area contributed by atoms with Crippen molar-refractivity contribution < 1.29 is 4.42 Å². The van der Waals surface area contributed by atoms with E-state index in [0.717, 1.165) is 11.1 Å². The lowest BCUT2D eigenvalue weighted by Crippen LogP contribution is -2.09. The van der Waals surface area contributed by atoms with E-state index < -0.39 is 0 Å². The van der Waals surface area contributed by atoms with Gasteiger partial charge in [0.05, 0.1) is 5.39 Å². The molecule has 0 atom stereocenters. The molecule has 0 fully saturated rings. The van der Waals surface area contributed by atoms with E-state index in [-0.39, 0.29) is 5.56 Å². The normalized spacial score (nSPS) is 11.1. The van der Waals surface area contributed by atoms with Crippen LogP contribution in [-0.2, 0) is 6.42 Å². The molecule has 3 rings (SSSR count). The van der Waals surface area contributed by atoms with Gasteiger partial charge < -0.3 is 4.42 Å². The van der Waals surface area contributed by atoms with Gasteiger partial charge in [-0.05, 0) is 58.2 Å². The highest BCUT2D eigenvalue weighted by Crippen LogP contribution is 2.23. The monoisotopic (exact) mass is 383 g/mol. The number of aromatic nitrogens is 1. The van der Waals surface area contributed by atoms with Crippen LogP contribution in [0.5, 0.6) is 0 Å². The topological polar surface area (TPSA) is 43.1 Å². The highest BCUT2D eigenvalue weighted by Gasteiger charge is 2.11. The Balaban J connectivity index is 2.02. The van der Waals surface area contributed by atoms with Crippen LogP contribution >= 0.6 is 33.9 Å². The third-order valence-electron chi connectivity index (χ3n) is 2.86. The first-order chi connectivity index (χ1) is 9.13. The van der Waals surface area contributed by atoms with Crippen molar-refractivity contribution in [1.82, 2.24) is 4.98 Å². The number of fused-ring (bicyclic) bond motifs is 1. The second-order valence-corrected chi connectivity index (χ2v) is 6.38. The molecule has 0 saturated carbocycles. The van der Waals surface area contributed by atoms with Gasteiger partial charge in [0.15, 0.2) is 4.90 Å². The van der Waals surface area contributed by atoms with Crippen molar-refractivity contribution >= 4 is 44.2 Å². The van der Waals surface area contributed by atoms with Crippen molar-refractivity contribution in [3.63, 3.8) is 0 Å². The van der Waals surface area contributed by atoms with E-state index in [0.29, 0.717) is 22.6 Å². The predicted molar refractivity (Wildman–Crippen MR) is 84.9 cm³/mol. The zero-order valence-corrected chi connectivity index (χ0v) is 13.1. The van der Waals surface area contributed by atoms with Crippen LogP contribution in [0.4, 0.5) is 0 Å². The molecule has 0 bridgehead atoms. The number of hydrogen-bond donors (Lipinski definition) is 0. The molecule has 2 heterocycles. The maximum atomic E-state index is 12.0. The number of nitrogens with zero attached hydrogens (tertiary/aromatic N) is 1. The Hall–Kier alpha value is -1.21. The van der Waals surface area contributed by atoms with Crippen molar-refractivity contribution in [2.24, 2.45) is 0 Å². The van der Waals surface area contributed by atoms with E-state index in [1.54, 1.807) is 0 Å². The molecule has 0 radical (unpaired) electrons. The molecule has 0 aliphatic rings. The average Bonchev–Trinajstić information content (AvgIpc) is 2.74. The minimum Gasteiger partial charge on any atom is -0.431 e. The molecule has 0 N–H and O–H groups in total. The molecule has 19 heavy (non-hydrogen) atoms. The minimum absolute atomic E-state index is 0.194. The molecular formula is C14H10INO2S. The number of rotatable bonds is 2. The van der Waals surface area contributed by atoms with E-state index in [2.05, 4.69) is 27.6 Å². The fraction of sp³-hybridized carbons (Fsp3) is 0.143. The number of thiophene rings is 1. The van der Waals surface area contributed by atoms with E-state index in [4.69, 9.17) is 4.42 Å². The predicted octanol–water partition coefficient (Wildman–Crippen LogP) is 3.75. The second-order valence-electron chi connectivity index (χ2n) is 4.30. The first-order valence-electron chi connectivity index (χ1n) is 5.76. The van der Waals surface area contributed by atoms with Gasteiger partial charge in [-0.15, -0.1) is 11.3 Å². The largest absolute Gasteiger partial charge is 0.431 e. The minimum atomic E-state index is -0.194. The lowest BCUT2D eigenvalue weighted by atomic mass is 10.1. The summed E-state index contributed by atoms with van der Waals surface area (Å²) in [5, 5.41) is 2.53. The summed E-state index contributed by atoms with van der Waals surface area (Å²) in [6, 6.07) is 8.10. The summed E-state index contributed by atoms with van der Waals surface area (Å²) in [5.41, 5.74) is 1.83. The smallest absolute Gasteiger partial charge is 0.284 e. The fourth-order valence-electron chi connectivity index (χ4n) is 1.90. The van der Waals surface area contributed by atoms with Crippen LogP contribution in [0.3, 0.4) is 0 Å². The molecule has 0 spiro atoms. The van der Waals surface area contributed by atoms with E-state index in [1.807, 2.05) is 36.6 Å². The van der Waals surface area contributed by atoms with Crippen molar-refractivity contribution in [2.75, 3.05) is 0 Å². The second kappa shape index (κ2) is 5.05. The molecule has 0 amide bonds. The summed E-state index contributed by atoms with van der Waals surface area (Å²) in [5.74, 6) is 0.473. The van der Waals surface area contributed by atoms with E-state index in [9.17, 15) is 4.79 Å². The molecule has 2 aromatic heterocycles. The summed E-state index contributed by atoms with van der Waals surface area (Å²) in [7, 11) is 0. The highest BCUT2D eigenvalue weighted by molar-refractivity contribution is 14.1. The van der Waals surface area contributed by atoms with Gasteiger partial charge in [-0.25, -0.2) is 0 Å². The maximum absolute atomic E-state index is 12.0. The summed E-state index contributed by atoms with van der Waals surface area (Å²) < 4.78 is 6.88. The van der Waals surface area contributed by atoms with Crippen LogP contribution in [0.15, 0.2) is 38.9 Å². The Morgan fingerprint density at radius 3 is 2.79 bits per heavy atom. The van der Waals surface area contributed by atoms with Gasteiger partial charge >= 0.3 is 0 Å². The Morgan fingerprint density at radius 1 is 1.32 bits per heavy atom. The standard InChI is InChI=1S/C14H10INO2S/c1-8-7-19-14-12(8)13(17)16-11(18-14)6-9-2-4-10(15)5-3-9/h2-5,7H,6H2,1H3. The van der Waals surface area contributed by atoms with Gasteiger partial charge in [-0.2, -0.15) is 4.98 Å². The van der Waals surface area contributed by atoms with Crippen LogP contribution in [0.25, 0.3) is 10.3 Å². The van der Waals surface area contributed by atoms with Gasteiger partial charge in [0, 0.05) is 9.99 Å². The van der Waals surface area contributed by atoms with Crippen LogP contribution in [-0.4, -0.2) is 4.98 Å². The Kier molecular flexibility index (Phi) is 3.40. The Labute approximate surface area is 127 Å². The number of aryl methyl sites for hydroxylation is 1. The van der Waals surface area contributed by atoms with Crippen LogP contribution in [0, 0.1) is 10.5 Å². The Bertz CT molecular complexity index is 789. The molecule has 0 unspecified atom stereocenters. The summed E-state index contributed by atoms with van der Waals surface area (Å²) in [4.78, 5) is 16.7. The van der Waals surface area contributed by atoms with Crippen molar-refractivity contribution in [3.05, 3.63) is 60.6 Å². The number of hydrogen-bond acceptors (Lipinski definition) is 4. The van der Waals surface area contributed by atoms with Gasteiger partial charge in [-0.1, -0.05) is 12.1 Å². The zero-order valence-electron chi connectivity index (χ0n) is 10.1. The molecule has 0 saturated heterocycles. The summed E-state index contributed by atoms with van der Waals surface area (Å²) in [6.07, 6.45) is 0.541. The average molecular weight is 383 g/mol. The quantitative estimate of drug-likeness (QED) is 0.633. The van der Waals surface area contributed by atoms with Crippen molar-refractivity contribution in [1.29, 1.82) is 0 Å². The lowest BCUT2D eigenvalue weighted by Gasteiger charge is -2.00. The van der Waals surface area contributed by atoms with Gasteiger partial charge in [0.2, 0.25) is 5.89 Å². The third-order valence-corrected chi connectivity index (χ3v) is 4.55. The molecule has 96 valence electrons. The van der Waals surface area contributed by atoms with Crippen LogP contribution in [0.2, 0.25) is 0 Å². The summed E-state index contributed by atoms with van der Waals surface area (Å²) in [6.45, 7) is 1.90. The molecular weight excluding hydrogens is 373 g/mol. The van der Waals surface area contributed by atoms with E-state index >= 15 is 0 Å². The lowest BCUT2D eigenvalue weighted by molar-refractivity contribution is 0.524. The molecule has 3 nitrogen and oxygen atoms in total. The van der Waals surface area contributed by atoms with E-state index in [1.165, 1.54) is 14.9 Å². The summed E-state index contributed by atoms with van der Waals surface area (Å²) >= 11 is 3.71. The highest BCUT2D eigenvalue weighted by atomic mass is 127. The first kappa shape index (κ1) is 12.8. The van der Waals surface area contributed by atoms with Gasteiger partial charge in [0.25, 0.3) is 5.56 Å². The van der Waals surface area contributed by atoms with Crippen LogP contribution < -0.4 is 5.56 Å². The number of halogens is 1. The third kappa shape index (κ3) is 2.57. The zero-order chi connectivity index (χ0) is 13.4. The molecule has 0 aliphatic carbocycles. The van der Waals surface area contributed by atoms with Gasteiger partial charge in [0.1, 0.15) is 0 Å².